The summed E-state index contributed by atoms with van der Waals surface area (Å²) in [7, 11) is 0. The molecule has 0 spiro atoms. The van der Waals surface area contributed by atoms with Crippen LogP contribution in [0.2, 0.25) is 0 Å². The van der Waals surface area contributed by atoms with Gasteiger partial charge in [-0.25, -0.2) is 0 Å². The van der Waals surface area contributed by atoms with Gasteiger partial charge in [-0.15, -0.1) is 0 Å². The lowest BCUT2D eigenvalue weighted by molar-refractivity contribution is 0.395. The lowest BCUT2D eigenvalue weighted by Gasteiger charge is -2.02. The summed E-state index contributed by atoms with van der Waals surface area (Å²) < 4.78 is 5.11. The smallest absolute Gasteiger partial charge is 0.0933 e. The summed E-state index contributed by atoms with van der Waals surface area (Å²) in [6.07, 6.45) is 8.84. The summed E-state index contributed by atoms with van der Waals surface area (Å²) in [6.45, 7) is 5.47. The molecule has 0 aromatic rings. The van der Waals surface area contributed by atoms with E-state index in [0.717, 1.165) is 13.2 Å². The number of rotatable bonds is 9. The van der Waals surface area contributed by atoms with Gasteiger partial charge >= 0.3 is 0 Å². The monoisotopic (exact) mass is 185 g/mol. The van der Waals surface area contributed by atoms with E-state index >= 15 is 0 Å². The molecule has 1 aliphatic rings. The minimum absolute atomic E-state index is 0.542. The maximum Gasteiger partial charge on any atom is 0.0933 e. The Balaban J connectivity index is 1.63. The first-order valence-electron chi connectivity index (χ1n) is 5.76. The third kappa shape index (κ3) is 7.03. The van der Waals surface area contributed by atoms with Gasteiger partial charge in [0.2, 0.25) is 0 Å². The molecule has 1 rings (SSSR count). The topological polar surface area (TPSA) is 24.6 Å². The van der Waals surface area contributed by atoms with Crippen molar-refractivity contribution in [3.63, 3.8) is 0 Å². The van der Waals surface area contributed by atoms with Gasteiger partial charge in [-0.3, -0.25) is 0 Å². The molecule has 1 unspecified atom stereocenters. The highest BCUT2D eigenvalue weighted by molar-refractivity contribution is 4.71. The number of nitrogens with one attached hydrogen (secondary N) is 1. The molecule has 13 heavy (non-hydrogen) atoms. The van der Waals surface area contributed by atoms with Gasteiger partial charge < -0.3 is 10.1 Å². The maximum absolute atomic E-state index is 5.11. The molecule has 0 radical (unpaired) electrons. The zero-order chi connectivity index (χ0) is 9.36. The first-order chi connectivity index (χ1) is 6.43. The largest absolute Gasteiger partial charge is 0.372 e. The van der Waals surface area contributed by atoms with Gasteiger partial charge in [0.05, 0.1) is 12.7 Å². The highest BCUT2D eigenvalue weighted by Crippen LogP contribution is 2.07. The molecule has 1 fully saturated rings. The van der Waals surface area contributed by atoms with E-state index in [9.17, 15) is 0 Å². The zero-order valence-corrected chi connectivity index (χ0v) is 8.85. The molecule has 0 amide bonds. The third-order valence-corrected chi connectivity index (χ3v) is 2.48. The quantitative estimate of drug-likeness (QED) is 0.440. The average molecular weight is 185 g/mol. The molecule has 1 N–H and O–H groups in total. The Labute approximate surface area is 82.0 Å². The Morgan fingerprint density at radius 2 is 1.85 bits per heavy atom. The molecule has 1 heterocycles. The standard InChI is InChI=1S/C11H23NO/c1-2-3-4-5-6-7-8-12-9-11-10-13-11/h11-12H,2-10H2,1H3. The Kier molecular flexibility index (Phi) is 6.21. The summed E-state index contributed by atoms with van der Waals surface area (Å²) in [6, 6.07) is 0. The third-order valence-electron chi connectivity index (χ3n) is 2.48. The Morgan fingerprint density at radius 1 is 1.15 bits per heavy atom. The van der Waals surface area contributed by atoms with Crippen molar-refractivity contribution in [3.8, 4) is 0 Å². The van der Waals surface area contributed by atoms with Gasteiger partial charge in [-0.1, -0.05) is 39.0 Å². The molecule has 0 aromatic heterocycles. The van der Waals surface area contributed by atoms with Crippen LogP contribution in [-0.2, 0) is 4.74 Å². The van der Waals surface area contributed by atoms with E-state index in [1.54, 1.807) is 0 Å². The molecule has 1 saturated heterocycles. The lowest BCUT2D eigenvalue weighted by atomic mass is 10.1. The van der Waals surface area contributed by atoms with Crippen LogP contribution in [0.4, 0.5) is 0 Å². The van der Waals surface area contributed by atoms with Crippen molar-refractivity contribution < 1.29 is 4.74 Å². The summed E-state index contributed by atoms with van der Waals surface area (Å²) in [5.41, 5.74) is 0. The molecule has 0 aliphatic carbocycles. The van der Waals surface area contributed by atoms with Gasteiger partial charge in [0, 0.05) is 6.54 Å². The summed E-state index contributed by atoms with van der Waals surface area (Å²) in [4.78, 5) is 0. The van der Waals surface area contributed by atoms with E-state index < -0.39 is 0 Å². The number of unbranched alkanes of at least 4 members (excludes halogenated alkanes) is 5. The molecule has 0 aromatic carbocycles. The number of ether oxygens (including phenoxy) is 1. The Hall–Kier alpha value is -0.0800. The van der Waals surface area contributed by atoms with E-state index in [0.29, 0.717) is 6.10 Å². The molecular weight excluding hydrogens is 162 g/mol. The highest BCUT2D eigenvalue weighted by Gasteiger charge is 2.20. The molecule has 1 atom stereocenters. The SMILES string of the molecule is CCCCCCCCNCC1CO1. The second kappa shape index (κ2) is 7.34. The lowest BCUT2D eigenvalue weighted by Crippen LogP contribution is -2.20. The van der Waals surface area contributed by atoms with Crippen molar-refractivity contribution in [2.24, 2.45) is 0 Å². The van der Waals surface area contributed by atoms with Gasteiger partial charge in [0.15, 0.2) is 0 Å². The van der Waals surface area contributed by atoms with Crippen LogP contribution >= 0.6 is 0 Å². The normalized spacial score (nSPS) is 20.5. The first-order valence-corrected chi connectivity index (χ1v) is 5.76. The van der Waals surface area contributed by atoms with Crippen LogP contribution in [0.1, 0.15) is 45.4 Å². The Morgan fingerprint density at radius 3 is 2.54 bits per heavy atom. The second-order valence-corrected chi connectivity index (χ2v) is 3.93. The molecule has 1 aliphatic heterocycles. The average Bonchev–Trinajstić information content (AvgIpc) is 2.93. The van der Waals surface area contributed by atoms with Gasteiger partial charge in [0.25, 0.3) is 0 Å². The van der Waals surface area contributed by atoms with Crippen LogP contribution in [0.15, 0.2) is 0 Å². The summed E-state index contributed by atoms with van der Waals surface area (Å²) in [5, 5.41) is 3.41. The fourth-order valence-electron chi connectivity index (χ4n) is 1.48. The van der Waals surface area contributed by atoms with Crippen molar-refractivity contribution in [3.05, 3.63) is 0 Å². The van der Waals surface area contributed by atoms with Crippen LogP contribution in [0, 0.1) is 0 Å². The Bertz CT molecular complexity index is 113. The van der Waals surface area contributed by atoms with Crippen LogP contribution in [0.5, 0.6) is 0 Å². The number of hydrogen-bond donors (Lipinski definition) is 1. The zero-order valence-electron chi connectivity index (χ0n) is 8.85. The van der Waals surface area contributed by atoms with Crippen molar-refractivity contribution in [1.29, 1.82) is 0 Å². The second-order valence-electron chi connectivity index (χ2n) is 3.93. The van der Waals surface area contributed by atoms with Crippen molar-refractivity contribution in [1.82, 2.24) is 5.32 Å². The van der Waals surface area contributed by atoms with Gasteiger partial charge in [-0.2, -0.15) is 0 Å². The molecule has 0 bridgehead atoms. The van der Waals surface area contributed by atoms with Crippen molar-refractivity contribution in [2.45, 2.75) is 51.6 Å². The number of epoxide rings is 1. The van der Waals surface area contributed by atoms with Crippen LogP contribution < -0.4 is 5.32 Å². The minimum Gasteiger partial charge on any atom is -0.372 e. The van der Waals surface area contributed by atoms with E-state index in [4.69, 9.17) is 4.74 Å². The highest BCUT2D eigenvalue weighted by atomic mass is 16.6. The van der Waals surface area contributed by atoms with E-state index in [1.165, 1.54) is 45.1 Å². The maximum atomic E-state index is 5.11. The molecule has 0 saturated carbocycles. The molecule has 78 valence electrons. The summed E-state index contributed by atoms with van der Waals surface area (Å²) in [5.74, 6) is 0. The molecule has 2 nitrogen and oxygen atoms in total. The predicted octanol–water partition coefficient (Wildman–Crippen LogP) is 2.34. The summed E-state index contributed by atoms with van der Waals surface area (Å²) >= 11 is 0. The van der Waals surface area contributed by atoms with E-state index in [1.807, 2.05) is 0 Å². The molecular formula is C11H23NO. The van der Waals surface area contributed by atoms with Gasteiger partial charge in [0.1, 0.15) is 0 Å². The van der Waals surface area contributed by atoms with Crippen LogP contribution in [0.25, 0.3) is 0 Å². The fraction of sp³-hybridized carbons (Fsp3) is 1.00. The van der Waals surface area contributed by atoms with Crippen molar-refractivity contribution in [2.75, 3.05) is 19.7 Å². The van der Waals surface area contributed by atoms with Gasteiger partial charge in [-0.05, 0) is 13.0 Å². The number of hydrogen-bond acceptors (Lipinski definition) is 2. The predicted molar refractivity (Wildman–Crippen MR) is 56.0 cm³/mol. The van der Waals surface area contributed by atoms with Crippen LogP contribution in [0.3, 0.4) is 0 Å². The molecule has 2 heteroatoms. The first kappa shape index (κ1) is 11.0. The minimum atomic E-state index is 0.542. The van der Waals surface area contributed by atoms with Crippen LogP contribution in [-0.4, -0.2) is 25.8 Å². The van der Waals surface area contributed by atoms with Crippen molar-refractivity contribution >= 4 is 0 Å². The van der Waals surface area contributed by atoms with E-state index in [2.05, 4.69) is 12.2 Å². The van der Waals surface area contributed by atoms with E-state index in [-0.39, 0.29) is 0 Å². The fourth-order valence-corrected chi connectivity index (χ4v) is 1.48.